The predicted molar refractivity (Wildman–Crippen MR) is 107 cm³/mol. The Balaban J connectivity index is 1.68. The molecule has 164 valence electrons. The molecule has 0 aliphatic heterocycles. The molecule has 0 aliphatic rings. The van der Waals surface area contributed by atoms with Crippen molar-refractivity contribution in [2.75, 3.05) is 18.5 Å². The lowest BCUT2D eigenvalue weighted by atomic mass is 10.0. The van der Waals surface area contributed by atoms with E-state index in [2.05, 4.69) is 30.6 Å². The van der Waals surface area contributed by atoms with Crippen molar-refractivity contribution < 1.29 is 23.1 Å². The Morgan fingerprint density at radius 2 is 2.06 bits per heavy atom. The number of halogens is 3. The first-order valence-electron chi connectivity index (χ1n) is 9.42. The number of aromatic amines is 1. The summed E-state index contributed by atoms with van der Waals surface area (Å²) in [6.45, 7) is 1.27. The summed E-state index contributed by atoms with van der Waals surface area (Å²) in [4.78, 5) is 27.3. The number of alkyl halides is 3. The maximum atomic E-state index is 12.6. The molecule has 0 bridgehead atoms. The first kappa shape index (κ1) is 22.2. The Morgan fingerprint density at radius 1 is 1.26 bits per heavy atom. The maximum absolute atomic E-state index is 12.6. The minimum atomic E-state index is -4.28. The number of anilines is 1. The van der Waals surface area contributed by atoms with E-state index in [1.165, 1.54) is 18.6 Å². The molecule has 0 radical (unpaired) electrons. The van der Waals surface area contributed by atoms with Gasteiger partial charge in [0.25, 0.3) is 5.91 Å². The maximum Gasteiger partial charge on any atom is 0.390 e. The van der Waals surface area contributed by atoms with Crippen LogP contribution in [0.3, 0.4) is 0 Å². The number of nitrogens with one attached hydrogen (secondary N) is 3. The molecule has 4 N–H and O–H groups in total. The average molecular weight is 434 g/mol. The molecule has 2 aromatic heterocycles. The lowest BCUT2D eigenvalue weighted by Gasteiger charge is -2.16. The number of carbonyl (C=O) groups is 1. The van der Waals surface area contributed by atoms with E-state index < -0.39 is 24.5 Å². The summed E-state index contributed by atoms with van der Waals surface area (Å²) in [5.74, 6) is -0.247. The standard InChI is InChI=1S/C20H21F3N6O2/c1-12-3-2-4-13(7-12)16(10-30)28-18(31)15-8-14(9-25-15)17-26-11-27-19(29-17)24-6-5-20(21,22)23/h2-4,7-9,11,16,25,30H,5-6,10H2,1H3,(H,28,31)(H,24,26,27,29)/t16-/m1/s1. The van der Waals surface area contributed by atoms with Gasteiger partial charge in [0.1, 0.15) is 12.0 Å². The van der Waals surface area contributed by atoms with Gasteiger partial charge in [-0.2, -0.15) is 18.2 Å². The fourth-order valence-electron chi connectivity index (χ4n) is 2.85. The largest absolute Gasteiger partial charge is 0.394 e. The van der Waals surface area contributed by atoms with E-state index >= 15 is 0 Å². The van der Waals surface area contributed by atoms with Gasteiger partial charge in [0.2, 0.25) is 5.95 Å². The molecule has 0 saturated heterocycles. The van der Waals surface area contributed by atoms with Crippen LogP contribution >= 0.6 is 0 Å². The highest BCUT2D eigenvalue weighted by Crippen LogP contribution is 2.20. The van der Waals surface area contributed by atoms with E-state index in [0.29, 0.717) is 5.56 Å². The van der Waals surface area contributed by atoms with Gasteiger partial charge in [0.05, 0.1) is 19.1 Å². The zero-order valence-corrected chi connectivity index (χ0v) is 16.6. The van der Waals surface area contributed by atoms with Crippen molar-refractivity contribution in [2.24, 2.45) is 0 Å². The van der Waals surface area contributed by atoms with Crippen molar-refractivity contribution >= 4 is 11.9 Å². The highest BCUT2D eigenvalue weighted by atomic mass is 19.4. The second-order valence-electron chi connectivity index (χ2n) is 6.85. The number of benzene rings is 1. The zero-order chi connectivity index (χ0) is 22.4. The smallest absolute Gasteiger partial charge is 0.390 e. The minimum Gasteiger partial charge on any atom is -0.394 e. The topological polar surface area (TPSA) is 116 Å². The monoisotopic (exact) mass is 434 g/mol. The fraction of sp³-hybridized carbons (Fsp3) is 0.300. The number of H-pyrrole nitrogens is 1. The third-order valence-electron chi connectivity index (χ3n) is 4.38. The van der Waals surface area contributed by atoms with Gasteiger partial charge in [0, 0.05) is 18.3 Å². The molecule has 1 atom stereocenters. The minimum absolute atomic E-state index is 0.00115. The van der Waals surface area contributed by atoms with Gasteiger partial charge >= 0.3 is 6.18 Å². The van der Waals surface area contributed by atoms with Gasteiger partial charge in [-0.1, -0.05) is 29.8 Å². The molecular formula is C20H21F3N6O2. The Kier molecular flexibility index (Phi) is 6.85. The number of aliphatic hydroxyl groups excluding tert-OH is 1. The second kappa shape index (κ2) is 9.56. The average Bonchev–Trinajstić information content (AvgIpc) is 3.22. The van der Waals surface area contributed by atoms with Crippen molar-refractivity contribution in [1.82, 2.24) is 25.3 Å². The van der Waals surface area contributed by atoms with Crippen LogP contribution in [0.4, 0.5) is 19.1 Å². The summed E-state index contributed by atoms with van der Waals surface area (Å²) in [6.07, 6.45) is -2.62. The molecule has 0 aliphatic carbocycles. The zero-order valence-electron chi connectivity index (χ0n) is 16.6. The first-order valence-corrected chi connectivity index (χ1v) is 9.42. The Bertz CT molecular complexity index is 1040. The summed E-state index contributed by atoms with van der Waals surface area (Å²) >= 11 is 0. The molecule has 0 saturated carbocycles. The number of aromatic nitrogens is 4. The molecule has 0 fully saturated rings. The van der Waals surface area contributed by atoms with Crippen LogP contribution in [0.15, 0.2) is 42.9 Å². The molecule has 0 unspecified atom stereocenters. The van der Waals surface area contributed by atoms with Gasteiger partial charge in [-0.25, -0.2) is 9.97 Å². The molecule has 11 heteroatoms. The van der Waals surface area contributed by atoms with Crippen LogP contribution in [-0.4, -0.2) is 50.3 Å². The van der Waals surface area contributed by atoms with Gasteiger partial charge in [-0.15, -0.1) is 0 Å². The van der Waals surface area contributed by atoms with Crippen molar-refractivity contribution in [3.05, 3.63) is 59.7 Å². The van der Waals surface area contributed by atoms with Gasteiger partial charge in [-0.05, 0) is 18.6 Å². The van der Waals surface area contributed by atoms with E-state index in [1.807, 2.05) is 31.2 Å². The SMILES string of the molecule is Cc1cccc([C@@H](CO)NC(=O)c2cc(-c3ncnc(NCCC(F)(F)F)n3)c[nH]2)c1. The Morgan fingerprint density at radius 3 is 2.77 bits per heavy atom. The van der Waals surface area contributed by atoms with Crippen LogP contribution in [0.2, 0.25) is 0 Å². The first-order chi connectivity index (χ1) is 14.7. The van der Waals surface area contributed by atoms with Gasteiger partial charge in [-0.3, -0.25) is 4.79 Å². The number of nitrogens with zero attached hydrogens (tertiary/aromatic N) is 3. The lowest BCUT2D eigenvalue weighted by molar-refractivity contribution is -0.131. The third-order valence-corrected chi connectivity index (χ3v) is 4.38. The second-order valence-corrected chi connectivity index (χ2v) is 6.85. The third kappa shape index (κ3) is 6.25. The number of hydrogen-bond acceptors (Lipinski definition) is 6. The van der Waals surface area contributed by atoms with Crippen LogP contribution in [0.1, 0.15) is 34.1 Å². The molecular weight excluding hydrogens is 413 g/mol. The molecule has 31 heavy (non-hydrogen) atoms. The van der Waals surface area contributed by atoms with E-state index in [0.717, 1.165) is 11.1 Å². The summed E-state index contributed by atoms with van der Waals surface area (Å²) in [5, 5.41) is 14.9. The fourth-order valence-corrected chi connectivity index (χ4v) is 2.85. The predicted octanol–water partition coefficient (Wildman–Crippen LogP) is 3.00. The quantitative estimate of drug-likeness (QED) is 0.433. The molecule has 2 heterocycles. The normalized spacial score (nSPS) is 12.4. The van der Waals surface area contributed by atoms with Crippen molar-refractivity contribution in [3.8, 4) is 11.4 Å². The van der Waals surface area contributed by atoms with Crippen molar-refractivity contribution in [3.63, 3.8) is 0 Å². The summed E-state index contributed by atoms with van der Waals surface area (Å²) in [7, 11) is 0. The Hall–Kier alpha value is -3.47. The molecule has 1 amide bonds. The summed E-state index contributed by atoms with van der Waals surface area (Å²) < 4.78 is 36.8. The van der Waals surface area contributed by atoms with E-state index in [9.17, 15) is 23.1 Å². The van der Waals surface area contributed by atoms with Crippen LogP contribution in [0.25, 0.3) is 11.4 Å². The Labute approximate surface area is 176 Å². The van der Waals surface area contributed by atoms with Gasteiger partial charge in [0.15, 0.2) is 5.82 Å². The summed E-state index contributed by atoms with van der Waals surface area (Å²) in [5.41, 5.74) is 2.45. The van der Waals surface area contributed by atoms with Crippen LogP contribution in [0.5, 0.6) is 0 Å². The van der Waals surface area contributed by atoms with E-state index in [4.69, 9.17) is 0 Å². The van der Waals surface area contributed by atoms with E-state index in [1.54, 1.807) is 0 Å². The number of amides is 1. The van der Waals surface area contributed by atoms with Crippen LogP contribution in [-0.2, 0) is 0 Å². The van der Waals surface area contributed by atoms with Gasteiger partial charge < -0.3 is 20.7 Å². The molecule has 3 rings (SSSR count). The van der Waals surface area contributed by atoms with Crippen molar-refractivity contribution in [2.45, 2.75) is 25.6 Å². The highest BCUT2D eigenvalue weighted by molar-refractivity contribution is 5.94. The molecule has 3 aromatic rings. The van der Waals surface area contributed by atoms with E-state index in [-0.39, 0.29) is 30.6 Å². The van der Waals surface area contributed by atoms with Crippen LogP contribution in [0, 0.1) is 6.92 Å². The summed E-state index contributed by atoms with van der Waals surface area (Å²) in [6, 6.07) is 8.37. The van der Waals surface area contributed by atoms with Crippen LogP contribution < -0.4 is 10.6 Å². The lowest BCUT2D eigenvalue weighted by Crippen LogP contribution is -2.31. The number of carbonyl (C=O) groups excluding carboxylic acids is 1. The molecule has 1 aromatic carbocycles. The number of aryl methyl sites for hydroxylation is 1. The number of rotatable bonds is 8. The number of hydrogen-bond donors (Lipinski definition) is 4. The number of aliphatic hydroxyl groups is 1. The molecule has 0 spiro atoms. The molecule has 8 nitrogen and oxygen atoms in total. The van der Waals surface area contributed by atoms with Crippen molar-refractivity contribution in [1.29, 1.82) is 0 Å². The highest BCUT2D eigenvalue weighted by Gasteiger charge is 2.26.